The summed E-state index contributed by atoms with van der Waals surface area (Å²) in [6.07, 6.45) is 0.899. The lowest BCUT2D eigenvalue weighted by atomic mass is 10.1. The SMILES string of the molecule is CCOCCCNC(=S)Nc1ccc(C(=O)OCC)cc1C. The maximum atomic E-state index is 11.7. The van der Waals surface area contributed by atoms with E-state index in [1.165, 1.54) is 0 Å². The molecular formula is C16H24N2O3S. The molecule has 1 aromatic rings. The highest BCUT2D eigenvalue weighted by Crippen LogP contribution is 2.17. The van der Waals surface area contributed by atoms with Crippen molar-refractivity contribution < 1.29 is 14.3 Å². The van der Waals surface area contributed by atoms with Crippen molar-refractivity contribution in [2.45, 2.75) is 27.2 Å². The van der Waals surface area contributed by atoms with Crippen LogP contribution in [0.4, 0.5) is 5.69 Å². The first-order chi connectivity index (χ1) is 10.6. The smallest absolute Gasteiger partial charge is 0.338 e. The van der Waals surface area contributed by atoms with Gasteiger partial charge in [-0.3, -0.25) is 0 Å². The van der Waals surface area contributed by atoms with Gasteiger partial charge in [-0.25, -0.2) is 4.79 Å². The molecule has 0 aromatic heterocycles. The third-order valence-corrected chi connectivity index (χ3v) is 3.19. The van der Waals surface area contributed by atoms with E-state index in [9.17, 15) is 4.79 Å². The summed E-state index contributed by atoms with van der Waals surface area (Å²) >= 11 is 5.24. The van der Waals surface area contributed by atoms with Crippen LogP contribution in [0.2, 0.25) is 0 Å². The Labute approximate surface area is 137 Å². The van der Waals surface area contributed by atoms with E-state index in [4.69, 9.17) is 21.7 Å². The van der Waals surface area contributed by atoms with E-state index >= 15 is 0 Å². The lowest BCUT2D eigenvalue weighted by Gasteiger charge is -2.13. The third kappa shape index (κ3) is 6.41. The van der Waals surface area contributed by atoms with Crippen LogP contribution in [0, 0.1) is 6.92 Å². The van der Waals surface area contributed by atoms with Gasteiger partial charge in [0.1, 0.15) is 0 Å². The van der Waals surface area contributed by atoms with Crippen LogP contribution >= 0.6 is 12.2 Å². The minimum absolute atomic E-state index is 0.311. The van der Waals surface area contributed by atoms with Crippen LogP contribution in [-0.4, -0.2) is 37.4 Å². The fourth-order valence-electron chi connectivity index (χ4n) is 1.83. The zero-order chi connectivity index (χ0) is 16.4. The Hall–Kier alpha value is -1.66. The molecule has 6 heteroatoms. The summed E-state index contributed by atoms with van der Waals surface area (Å²) < 4.78 is 10.2. The molecule has 0 saturated heterocycles. The molecule has 2 N–H and O–H groups in total. The number of aryl methyl sites for hydroxylation is 1. The van der Waals surface area contributed by atoms with E-state index < -0.39 is 0 Å². The first-order valence-corrected chi connectivity index (χ1v) is 7.89. The van der Waals surface area contributed by atoms with Gasteiger partial charge in [-0.2, -0.15) is 0 Å². The van der Waals surface area contributed by atoms with E-state index in [0.717, 1.165) is 37.4 Å². The van der Waals surface area contributed by atoms with Gasteiger partial charge in [0.2, 0.25) is 0 Å². The van der Waals surface area contributed by atoms with Crippen molar-refractivity contribution in [3.63, 3.8) is 0 Å². The number of nitrogens with one attached hydrogen (secondary N) is 2. The van der Waals surface area contributed by atoms with Gasteiger partial charge >= 0.3 is 5.97 Å². The number of ether oxygens (including phenoxy) is 2. The molecule has 0 amide bonds. The highest BCUT2D eigenvalue weighted by atomic mass is 32.1. The molecular weight excluding hydrogens is 300 g/mol. The Morgan fingerprint density at radius 2 is 2.05 bits per heavy atom. The predicted octanol–water partition coefficient (Wildman–Crippen LogP) is 2.88. The van der Waals surface area contributed by atoms with Crippen LogP contribution in [0.1, 0.15) is 36.2 Å². The molecule has 122 valence electrons. The van der Waals surface area contributed by atoms with Gasteiger partial charge in [-0.15, -0.1) is 0 Å². The summed E-state index contributed by atoms with van der Waals surface area (Å²) in [5.74, 6) is -0.311. The van der Waals surface area contributed by atoms with Crippen LogP contribution in [-0.2, 0) is 9.47 Å². The number of anilines is 1. The van der Waals surface area contributed by atoms with Crippen molar-refractivity contribution in [2.75, 3.05) is 31.7 Å². The van der Waals surface area contributed by atoms with Gasteiger partial charge in [0.05, 0.1) is 12.2 Å². The van der Waals surface area contributed by atoms with E-state index in [2.05, 4.69) is 10.6 Å². The molecule has 0 unspecified atom stereocenters. The number of carbonyl (C=O) groups excluding carboxylic acids is 1. The molecule has 0 saturated carbocycles. The van der Waals surface area contributed by atoms with Crippen LogP contribution in [0.25, 0.3) is 0 Å². The average molecular weight is 324 g/mol. The van der Waals surface area contributed by atoms with Crippen molar-refractivity contribution >= 4 is 29.0 Å². The summed E-state index contributed by atoms with van der Waals surface area (Å²) in [5, 5.41) is 6.81. The highest BCUT2D eigenvalue weighted by molar-refractivity contribution is 7.80. The maximum Gasteiger partial charge on any atom is 0.338 e. The molecule has 0 fully saturated rings. The number of hydrogen-bond donors (Lipinski definition) is 2. The monoisotopic (exact) mass is 324 g/mol. The van der Waals surface area contributed by atoms with E-state index in [1.54, 1.807) is 19.1 Å². The highest BCUT2D eigenvalue weighted by Gasteiger charge is 2.09. The Bertz CT molecular complexity index is 506. The quantitative estimate of drug-likeness (QED) is 0.436. The fourth-order valence-corrected chi connectivity index (χ4v) is 2.04. The second-order valence-electron chi connectivity index (χ2n) is 4.68. The number of carbonyl (C=O) groups is 1. The lowest BCUT2D eigenvalue weighted by molar-refractivity contribution is 0.0526. The number of rotatable bonds is 8. The maximum absolute atomic E-state index is 11.7. The zero-order valence-electron chi connectivity index (χ0n) is 13.4. The van der Waals surface area contributed by atoms with Crippen molar-refractivity contribution in [2.24, 2.45) is 0 Å². The fraction of sp³-hybridized carbons (Fsp3) is 0.500. The molecule has 0 bridgehead atoms. The Morgan fingerprint density at radius 1 is 1.27 bits per heavy atom. The number of hydrogen-bond acceptors (Lipinski definition) is 4. The standard InChI is InChI=1S/C16H24N2O3S/c1-4-20-10-6-9-17-16(22)18-14-8-7-13(11-12(14)3)15(19)21-5-2/h7-8,11H,4-6,9-10H2,1-3H3,(H2,17,18,22). The van der Waals surface area contributed by atoms with Gasteiger partial charge < -0.3 is 20.1 Å². The van der Waals surface area contributed by atoms with Crippen LogP contribution in [0.15, 0.2) is 18.2 Å². The molecule has 0 aliphatic rings. The van der Waals surface area contributed by atoms with Crippen molar-refractivity contribution in [3.8, 4) is 0 Å². The molecule has 0 radical (unpaired) electrons. The van der Waals surface area contributed by atoms with Crippen LogP contribution in [0.3, 0.4) is 0 Å². The molecule has 5 nitrogen and oxygen atoms in total. The molecule has 1 rings (SSSR count). The molecule has 0 heterocycles. The zero-order valence-corrected chi connectivity index (χ0v) is 14.2. The second-order valence-corrected chi connectivity index (χ2v) is 5.09. The molecule has 0 spiro atoms. The molecule has 1 aromatic carbocycles. The largest absolute Gasteiger partial charge is 0.462 e. The predicted molar refractivity (Wildman–Crippen MR) is 92.5 cm³/mol. The minimum Gasteiger partial charge on any atom is -0.462 e. The lowest BCUT2D eigenvalue weighted by Crippen LogP contribution is -2.30. The normalized spacial score (nSPS) is 10.1. The van der Waals surface area contributed by atoms with E-state index in [0.29, 0.717) is 17.3 Å². The van der Waals surface area contributed by atoms with Gasteiger partial charge in [-0.05, 0) is 63.2 Å². The summed E-state index contributed by atoms with van der Waals surface area (Å²) in [7, 11) is 0. The van der Waals surface area contributed by atoms with Crippen molar-refractivity contribution in [3.05, 3.63) is 29.3 Å². The van der Waals surface area contributed by atoms with Gasteiger partial charge in [0.15, 0.2) is 5.11 Å². The van der Waals surface area contributed by atoms with Gasteiger partial charge in [0, 0.05) is 25.4 Å². The van der Waals surface area contributed by atoms with Crippen LogP contribution < -0.4 is 10.6 Å². The van der Waals surface area contributed by atoms with Crippen LogP contribution in [0.5, 0.6) is 0 Å². The van der Waals surface area contributed by atoms with Gasteiger partial charge in [0.25, 0.3) is 0 Å². The number of thiocarbonyl (C=S) groups is 1. The first kappa shape index (κ1) is 18.4. The summed E-state index contributed by atoms with van der Waals surface area (Å²) in [6, 6.07) is 5.35. The first-order valence-electron chi connectivity index (χ1n) is 7.48. The van der Waals surface area contributed by atoms with E-state index in [1.807, 2.05) is 19.9 Å². The molecule has 0 aliphatic carbocycles. The Balaban J connectivity index is 2.48. The van der Waals surface area contributed by atoms with E-state index in [-0.39, 0.29) is 5.97 Å². The average Bonchev–Trinajstić information content (AvgIpc) is 2.49. The van der Waals surface area contributed by atoms with Gasteiger partial charge in [-0.1, -0.05) is 0 Å². The number of benzene rings is 1. The van der Waals surface area contributed by atoms with Crippen molar-refractivity contribution in [1.82, 2.24) is 5.32 Å². The number of esters is 1. The second kappa shape index (κ2) is 10.1. The third-order valence-electron chi connectivity index (χ3n) is 2.94. The Morgan fingerprint density at radius 3 is 2.68 bits per heavy atom. The minimum atomic E-state index is -0.311. The summed E-state index contributed by atoms with van der Waals surface area (Å²) in [4.78, 5) is 11.7. The Kier molecular flexibility index (Phi) is 8.47. The summed E-state index contributed by atoms with van der Waals surface area (Å²) in [5.41, 5.74) is 2.35. The molecule has 0 aliphatic heterocycles. The summed E-state index contributed by atoms with van der Waals surface area (Å²) in [6.45, 7) is 8.26. The van der Waals surface area contributed by atoms with Crippen molar-refractivity contribution in [1.29, 1.82) is 0 Å². The molecule has 0 atom stereocenters. The topological polar surface area (TPSA) is 59.6 Å². The molecule has 22 heavy (non-hydrogen) atoms.